The molecule has 0 saturated heterocycles. The Morgan fingerprint density at radius 2 is 1.97 bits per heavy atom. The SMILES string of the molecule is CCCc1ccc(-c2csc(NC(=O)c3ccc4c(c3)CCN4S(C)(=O)=O)n2)cc1. The van der Waals surface area contributed by atoms with Crippen LogP contribution < -0.4 is 9.62 Å². The number of nitrogens with zero attached hydrogens (tertiary/aromatic N) is 2. The first-order valence-electron chi connectivity index (χ1n) is 9.82. The number of rotatable bonds is 6. The summed E-state index contributed by atoms with van der Waals surface area (Å²) in [6.07, 6.45) is 3.96. The number of carbonyl (C=O) groups is 1. The van der Waals surface area contributed by atoms with E-state index in [4.69, 9.17) is 0 Å². The van der Waals surface area contributed by atoms with Crippen molar-refractivity contribution in [2.45, 2.75) is 26.2 Å². The summed E-state index contributed by atoms with van der Waals surface area (Å²) < 4.78 is 25.1. The Morgan fingerprint density at radius 3 is 2.67 bits per heavy atom. The molecule has 8 heteroatoms. The molecule has 0 aliphatic carbocycles. The molecule has 0 unspecified atom stereocenters. The van der Waals surface area contributed by atoms with Crippen molar-refractivity contribution in [1.29, 1.82) is 0 Å². The Hall–Kier alpha value is -2.71. The number of hydrogen-bond acceptors (Lipinski definition) is 5. The van der Waals surface area contributed by atoms with Crippen LogP contribution in [0.2, 0.25) is 0 Å². The van der Waals surface area contributed by atoms with E-state index in [1.807, 2.05) is 5.38 Å². The summed E-state index contributed by atoms with van der Waals surface area (Å²) in [5.41, 5.74) is 5.15. The smallest absolute Gasteiger partial charge is 0.257 e. The second-order valence-corrected chi connectivity index (χ2v) is 10.1. The van der Waals surface area contributed by atoms with E-state index in [9.17, 15) is 13.2 Å². The number of hydrogen-bond donors (Lipinski definition) is 1. The highest BCUT2D eigenvalue weighted by Crippen LogP contribution is 2.31. The maximum atomic E-state index is 12.7. The molecular formula is C22H23N3O3S2. The largest absolute Gasteiger partial charge is 0.298 e. The van der Waals surface area contributed by atoms with E-state index in [-0.39, 0.29) is 5.91 Å². The predicted molar refractivity (Wildman–Crippen MR) is 122 cm³/mol. The van der Waals surface area contributed by atoms with Gasteiger partial charge in [-0.1, -0.05) is 37.6 Å². The predicted octanol–water partition coefficient (Wildman–Crippen LogP) is 4.34. The van der Waals surface area contributed by atoms with Crippen LogP contribution in [0.4, 0.5) is 10.8 Å². The number of benzene rings is 2. The summed E-state index contributed by atoms with van der Waals surface area (Å²) in [6, 6.07) is 13.4. The molecule has 6 nitrogen and oxygen atoms in total. The molecule has 156 valence electrons. The molecule has 0 saturated carbocycles. The van der Waals surface area contributed by atoms with Gasteiger partial charge < -0.3 is 0 Å². The fraction of sp³-hybridized carbons (Fsp3) is 0.273. The number of amides is 1. The monoisotopic (exact) mass is 441 g/mol. The maximum Gasteiger partial charge on any atom is 0.257 e. The number of aryl methyl sites for hydroxylation is 1. The molecular weight excluding hydrogens is 418 g/mol. The van der Waals surface area contributed by atoms with Crippen LogP contribution >= 0.6 is 11.3 Å². The fourth-order valence-corrected chi connectivity index (χ4v) is 5.29. The van der Waals surface area contributed by atoms with Crippen molar-refractivity contribution in [1.82, 2.24) is 4.98 Å². The molecule has 2 aromatic carbocycles. The van der Waals surface area contributed by atoms with Crippen molar-refractivity contribution >= 4 is 38.1 Å². The minimum atomic E-state index is -3.30. The Morgan fingerprint density at radius 1 is 1.20 bits per heavy atom. The van der Waals surface area contributed by atoms with Crippen LogP contribution in [-0.4, -0.2) is 32.1 Å². The Kier molecular flexibility index (Phi) is 5.62. The van der Waals surface area contributed by atoms with Crippen molar-refractivity contribution in [3.63, 3.8) is 0 Å². The highest BCUT2D eigenvalue weighted by molar-refractivity contribution is 7.92. The molecule has 30 heavy (non-hydrogen) atoms. The third kappa shape index (κ3) is 4.24. The van der Waals surface area contributed by atoms with Crippen LogP contribution in [0.3, 0.4) is 0 Å². The zero-order valence-electron chi connectivity index (χ0n) is 16.9. The van der Waals surface area contributed by atoms with E-state index in [1.54, 1.807) is 18.2 Å². The lowest BCUT2D eigenvalue weighted by atomic mass is 10.1. The van der Waals surface area contributed by atoms with Gasteiger partial charge >= 0.3 is 0 Å². The van der Waals surface area contributed by atoms with Crippen LogP contribution in [0.25, 0.3) is 11.3 Å². The van der Waals surface area contributed by atoms with E-state index in [0.717, 1.165) is 29.7 Å². The van der Waals surface area contributed by atoms with Crippen molar-refractivity contribution in [3.05, 3.63) is 64.5 Å². The second kappa shape index (κ2) is 8.20. The molecule has 1 N–H and O–H groups in total. The minimum absolute atomic E-state index is 0.255. The number of nitrogens with one attached hydrogen (secondary N) is 1. The van der Waals surface area contributed by atoms with E-state index in [1.165, 1.54) is 27.5 Å². The van der Waals surface area contributed by atoms with Gasteiger partial charge in [0.2, 0.25) is 10.0 Å². The van der Waals surface area contributed by atoms with Gasteiger partial charge in [0.15, 0.2) is 5.13 Å². The van der Waals surface area contributed by atoms with Gasteiger partial charge in [0.25, 0.3) is 5.91 Å². The molecule has 4 rings (SSSR count). The topological polar surface area (TPSA) is 79.4 Å². The van der Waals surface area contributed by atoms with Crippen LogP contribution in [0.5, 0.6) is 0 Å². The summed E-state index contributed by atoms with van der Waals surface area (Å²) in [7, 11) is -3.30. The number of thiazole rings is 1. The molecule has 2 heterocycles. The summed E-state index contributed by atoms with van der Waals surface area (Å²) in [4.78, 5) is 17.2. The van der Waals surface area contributed by atoms with Crippen LogP contribution in [0.15, 0.2) is 47.8 Å². The van der Waals surface area contributed by atoms with Gasteiger partial charge in [-0.2, -0.15) is 0 Å². The summed E-state index contributed by atoms with van der Waals surface area (Å²) >= 11 is 1.38. The molecule has 1 aromatic heterocycles. The standard InChI is InChI=1S/C22H23N3O3S2/c1-3-4-15-5-7-16(8-6-15)19-14-29-22(23-19)24-21(26)18-9-10-20-17(13-18)11-12-25(20)30(2,27)28/h5-10,13-14H,3-4,11-12H2,1-2H3,(H,23,24,26). The van der Waals surface area contributed by atoms with E-state index in [2.05, 4.69) is 41.5 Å². The molecule has 0 fully saturated rings. The average Bonchev–Trinajstić information content (AvgIpc) is 3.35. The molecule has 0 radical (unpaired) electrons. The Balaban J connectivity index is 1.47. The van der Waals surface area contributed by atoms with Gasteiger partial charge in [0.05, 0.1) is 17.6 Å². The first kappa shape index (κ1) is 20.6. The third-order valence-electron chi connectivity index (χ3n) is 5.11. The second-order valence-electron chi connectivity index (χ2n) is 7.37. The summed E-state index contributed by atoms with van der Waals surface area (Å²) in [5, 5.41) is 5.31. The summed E-state index contributed by atoms with van der Waals surface area (Å²) in [5.74, 6) is -0.255. The molecule has 1 aliphatic heterocycles. The number of anilines is 2. The zero-order chi connectivity index (χ0) is 21.3. The first-order valence-corrected chi connectivity index (χ1v) is 12.5. The van der Waals surface area contributed by atoms with Crippen molar-refractivity contribution in [2.75, 3.05) is 22.4 Å². The van der Waals surface area contributed by atoms with Gasteiger partial charge in [-0.05, 0) is 42.2 Å². The number of fused-ring (bicyclic) bond motifs is 1. The van der Waals surface area contributed by atoms with Gasteiger partial charge in [-0.3, -0.25) is 14.4 Å². The lowest BCUT2D eigenvalue weighted by molar-refractivity contribution is 0.102. The van der Waals surface area contributed by atoms with Gasteiger partial charge in [-0.25, -0.2) is 13.4 Å². The molecule has 0 bridgehead atoms. The van der Waals surface area contributed by atoms with E-state index < -0.39 is 10.0 Å². The molecule has 0 atom stereocenters. The third-order valence-corrected chi connectivity index (χ3v) is 7.05. The Bertz CT molecular complexity index is 1180. The molecule has 1 aliphatic rings. The van der Waals surface area contributed by atoms with Crippen molar-refractivity contribution in [3.8, 4) is 11.3 Å². The van der Waals surface area contributed by atoms with E-state index in [0.29, 0.717) is 29.3 Å². The molecule has 0 spiro atoms. The lowest BCUT2D eigenvalue weighted by Gasteiger charge is -2.16. The zero-order valence-corrected chi connectivity index (χ0v) is 18.5. The van der Waals surface area contributed by atoms with Crippen LogP contribution in [0, 0.1) is 0 Å². The lowest BCUT2D eigenvalue weighted by Crippen LogP contribution is -2.27. The number of sulfonamides is 1. The Labute approximate surface area is 180 Å². The summed E-state index contributed by atoms with van der Waals surface area (Å²) in [6.45, 7) is 2.57. The van der Waals surface area contributed by atoms with Crippen molar-refractivity contribution < 1.29 is 13.2 Å². The van der Waals surface area contributed by atoms with E-state index >= 15 is 0 Å². The van der Waals surface area contributed by atoms with Gasteiger partial charge in [-0.15, -0.1) is 11.3 Å². The van der Waals surface area contributed by atoms with Gasteiger partial charge in [0.1, 0.15) is 0 Å². The maximum absolute atomic E-state index is 12.7. The highest BCUT2D eigenvalue weighted by atomic mass is 32.2. The molecule has 1 amide bonds. The normalized spacial score (nSPS) is 13.3. The van der Waals surface area contributed by atoms with Crippen LogP contribution in [-0.2, 0) is 22.9 Å². The minimum Gasteiger partial charge on any atom is -0.298 e. The van der Waals surface area contributed by atoms with Crippen LogP contribution in [0.1, 0.15) is 34.8 Å². The highest BCUT2D eigenvalue weighted by Gasteiger charge is 2.26. The molecule has 3 aromatic rings. The number of carbonyl (C=O) groups excluding carboxylic acids is 1. The van der Waals surface area contributed by atoms with Gasteiger partial charge in [0, 0.05) is 23.1 Å². The van der Waals surface area contributed by atoms with Crippen molar-refractivity contribution in [2.24, 2.45) is 0 Å². The first-order chi connectivity index (χ1) is 14.3. The number of aromatic nitrogens is 1. The average molecular weight is 442 g/mol. The quantitative estimate of drug-likeness (QED) is 0.617. The fourth-order valence-electron chi connectivity index (χ4n) is 3.62.